The van der Waals surface area contributed by atoms with Gasteiger partial charge in [-0.25, -0.2) is 0 Å². The average molecular weight is 364 g/mol. The van der Waals surface area contributed by atoms with Crippen LogP contribution in [0.1, 0.15) is 27.0 Å². The number of hydrogen-bond donors (Lipinski definition) is 0. The van der Waals surface area contributed by atoms with E-state index in [0.717, 1.165) is 15.6 Å². The number of thiophene rings is 1. The van der Waals surface area contributed by atoms with Crippen LogP contribution in [0.5, 0.6) is 0 Å². The molecule has 0 fully saturated rings. The standard InChI is InChI=1S/C13H9BrCl2OS/c1-6-4-10(14)7(2)3-8(6)12(17)9-5-11(15)18-13(9)16/h3-5H,1-2H3. The molecular weight excluding hydrogens is 355 g/mol. The largest absolute Gasteiger partial charge is 0.289 e. The normalized spacial score (nSPS) is 10.7. The van der Waals surface area contributed by atoms with Crippen LogP contribution in [0.4, 0.5) is 0 Å². The minimum absolute atomic E-state index is 0.0868. The number of ketones is 1. The monoisotopic (exact) mass is 362 g/mol. The van der Waals surface area contributed by atoms with Crippen LogP contribution in [0.2, 0.25) is 8.67 Å². The van der Waals surface area contributed by atoms with E-state index in [1.54, 1.807) is 6.07 Å². The van der Waals surface area contributed by atoms with Crippen molar-refractivity contribution in [3.8, 4) is 0 Å². The second-order valence-electron chi connectivity index (χ2n) is 3.98. The molecule has 2 aromatic rings. The van der Waals surface area contributed by atoms with E-state index in [1.165, 1.54) is 11.3 Å². The van der Waals surface area contributed by atoms with E-state index in [9.17, 15) is 4.79 Å². The van der Waals surface area contributed by atoms with E-state index in [1.807, 2.05) is 26.0 Å². The fourth-order valence-electron chi connectivity index (χ4n) is 1.67. The fraction of sp³-hybridized carbons (Fsp3) is 0.154. The molecule has 0 saturated heterocycles. The van der Waals surface area contributed by atoms with Gasteiger partial charge in [-0.15, -0.1) is 11.3 Å². The van der Waals surface area contributed by atoms with Gasteiger partial charge in [0.1, 0.15) is 4.34 Å². The predicted octanol–water partition coefficient (Wildman–Crippen LogP) is 5.67. The summed E-state index contributed by atoms with van der Waals surface area (Å²) in [5.74, 6) is -0.0868. The molecule has 0 aliphatic rings. The molecule has 1 aromatic heterocycles. The summed E-state index contributed by atoms with van der Waals surface area (Å²) in [6.45, 7) is 3.85. The number of carbonyl (C=O) groups is 1. The van der Waals surface area contributed by atoms with E-state index in [0.29, 0.717) is 19.8 Å². The van der Waals surface area contributed by atoms with Crippen LogP contribution < -0.4 is 0 Å². The molecule has 0 bridgehead atoms. The van der Waals surface area contributed by atoms with Gasteiger partial charge >= 0.3 is 0 Å². The second kappa shape index (κ2) is 5.33. The topological polar surface area (TPSA) is 17.1 Å². The van der Waals surface area contributed by atoms with Gasteiger partial charge in [0.2, 0.25) is 0 Å². The minimum Gasteiger partial charge on any atom is -0.289 e. The van der Waals surface area contributed by atoms with Crippen LogP contribution in [0, 0.1) is 13.8 Å². The molecule has 0 saturated carbocycles. The Morgan fingerprint density at radius 1 is 1.11 bits per heavy atom. The van der Waals surface area contributed by atoms with Gasteiger partial charge < -0.3 is 0 Å². The number of aryl methyl sites for hydroxylation is 2. The Labute approximate surface area is 128 Å². The van der Waals surface area contributed by atoms with Crippen molar-refractivity contribution in [2.45, 2.75) is 13.8 Å². The van der Waals surface area contributed by atoms with Crippen molar-refractivity contribution in [2.24, 2.45) is 0 Å². The smallest absolute Gasteiger partial charge is 0.195 e. The van der Waals surface area contributed by atoms with Gasteiger partial charge in [0.25, 0.3) is 0 Å². The highest BCUT2D eigenvalue weighted by molar-refractivity contribution is 9.10. The lowest BCUT2D eigenvalue weighted by Gasteiger charge is -2.07. The van der Waals surface area contributed by atoms with E-state index < -0.39 is 0 Å². The van der Waals surface area contributed by atoms with Crippen molar-refractivity contribution in [3.05, 3.63) is 53.6 Å². The Bertz CT molecular complexity index is 634. The highest BCUT2D eigenvalue weighted by Crippen LogP contribution is 2.33. The first-order valence-corrected chi connectivity index (χ1v) is 7.53. The molecule has 0 atom stereocenters. The number of carbonyl (C=O) groups excluding carboxylic acids is 1. The summed E-state index contributed by atoms with van der Waals surface area (Å²) in [5, 5.41) is 0. The zero-order chi connectivity index (χ0) is 13.4. The van der Waals surface area contributed by atoms with E-state index in [-0.39, 0.29) is 5.78 Å². The van der Waals surface area contributed by atoms with E-state index >= 15 is 0 Å². The van der Waals surface area contributed by atoms with Crippen LogP contribution >= 0.6 is 50.5 Å². The molecule has 0 unspecified atom stereocenters. The molecule has 0 radical (unpaired) electrons. The van der Waals surface area contributed by atoms with Crippen molar-refractivity contribution in [1.82, 2.24) is 0 Å². The summed E-state index contributed by atoms with van der Waals surface area (Å²) in [4.78, 5) is 12.4. The molecule has 1 aromatic carbocycles. The average Bonchev–Trinajstić information content (AvgIpc) is 2.62. The van der Waals surface area contributed by atoms with Gasteiger partial charge in [-0.3, -0.25) is 4.79 Å². The molecule has 2 rings (SSSR count). The molecule has 0 aliphatic heterocycles. The number of halogens is 3. The molecule has 0 aliphatic carbocycles. The number of rotatable bonds is 2. The van der Waals surface area contributed by atoms with Crippen molar-refractivity contribution < 1.29 is 4.79 Å². The Morgan fingerprint density at radius 3 is 2.33 bits per heavy atom. The molecular formula is C13H9BrCl2OS. The lowest BCUT2D eigenvalue weighted by atomic mass is 9.99. The first-order valence-electron chi connectivity index (χ1n) is 5.16. The van der Waals surface area contributed by atoms with Crippen molar-refractivity contribution >= 4 is 56.3 Å². The van der Waals surface area contributed by atoms with Crippen LogP contribution in [0.15, 0.2) is 22.7 Å². The first kappa shape index (κ1) is 14.1. The zero-order valence-electron chi connectivity index (χ0n) is 9.68. The lowest BCUT2D eigenvalue weighted by Crippen LogP contribution is -2.03. The molecule has 18 heavy (non-hydrogen) atoms. The lowest BCUT2D eigenvalue weighted by molar-refractivity contribution is 0.103. The van der Waals surface area contributed by atoms with E-state index in [4.69, 9.17) is 23.2 Å². The molecule has 94 valence electrons. The maximum absolute atomic E-state index is 12.4. The van der Waals surface area contributed by atoms with Crippen LogP contribution in [-0.4, -0.2) is 5.78 Å². The predicted molar refractivity (Wildman–Crippen MR) is 81.4 cm³/mol. The third-order valence-corrected chi connectivity index (χ3v) is 4.99. The summed E-state index contributed by atoms with van der Waals surface area (Å²) in [6.07, 6.45) is 0. The van der Waals surface area contributed by atoms with Crippen molar-refractivity contribution in [2.75, 3.05) is 0 Å². The summed E-state index contributed by atoms with van der Waals surface area (Å²) in [5.41, 5.74) is 3.06. The first-order chi connectivity index (χ1) is 8.40. The minimum atomic E-state index is -0.0868. The number of hydrogen-bond acceptors (Lipinski definition) is 2. The van der Waals surface area contributed by atoms with Gasteiger partial charge in [-0.1, -0.05) is 39.1 Å². The van der Waals surface area contributed by atoms with Crippen LogP contribution in [-0.2, 0) is 0 Å². The maximum Gasteiger partial charge on any atom is 0.195 e. The van der Waals surface area contributed by atoms with Gasteiger partial charge in [-0.05, 0) is 43.2 Å². The summed E-state index contributed by atoms with van der Waals surface area (Å²) in [6, 6.07) is 5.42. The second-order valence-corrected chi connectivity index (χ2v) is 7.12. The Kier molecular flexibility index (Phi) is 4.17. The van der Waals surface area contributed by atoms with Gasteiger partial charge in [0, 0.05) is 10.0 Å². The van der Waals surface area contributed by atoms with Crippen LogP contribution in [0.25, 0.3) is 0 Å². The third kappa shape index (κ3) is 2.64. The molecule has 5 heteroatoms. The molecule has 0 spiro atoms. The number of benzene rings is 1. The SMILES string of the molecule is Cc1cc(C(=O)c2cc(Cl)sc2Cl)c(C)cc1Br. The zero-order valence-corrected chi connectivity index (χ0v) is 13.6. The highest BCUT2D eigenvalue weighted by Gasteiger charge is 2.18. The van der Waals surface area contributed by atoms with Gasteiger partial charge in [0.05, 0.1) is 9.90 Å². The molecule has 0 N–H and O–H groups in total. The van der Waals surface area contributed by atoms with Gasteiger partial charge in [-0.2, -0.15) is 0 Å². The third-order valence-electron chi connectivity index (χ3n) is 2.65. The summed E-state index contributed by atoms with van der Waals surface area (Å²) < 4.78 is 1.95. The molecule has 1 nitrogen and oxygen atoms in total. The highest BCUT2D eigenvalue weighted by atomic mass is 79.9. The van der Waals surface area contributed by atoms with Crippen molar-refractivity contribution in [1.29, 1.82) is 0 Å². The maximum atomic E-state index is 12.4. The Balaban J connectivity index is 2.53. The van der Waals surface area contributed by atoms with Crippen molar-refractivity contribution in [3.63, 3.8) is 0 Å². The molecule has 1 heterocycles. The fourth-order valence-corrected chi connectivity index (χ4v) is 3.58. The quantitative estimate of drug-likeness (QED) is 0.628. The summed E-state index contributed by atoms with van der Waals surface area (Å²) in [7, 11) is 0. The van der Waals surface area contributed by atoms with Gasteiger partial charge in [0.15, 0.2) is 5.78 Å². The van der Waals surface area contributed by atoms with E-state index in [2.05, 4.69) is 15.9 Å². The Morgan fingerprint density at radius 2 is 1.78 bits per heavy atom. The van der Waals surface area contributed by atoms with Crippen LogP contribution in [0.3, 0.4) is 0 Å². The molecule has 0 amide bonds. The summed E-state index contributed by atoms with van der Waals surface area (Å²) >= 11 is 16.5. The Hall–Kier alpha value is -0.350.